The molecule has 0 spiro atoms. The fourth-order valence-corrected chi connectivity index (χ4v) is 3.83. The largest absolute Gasteiger partial charge is 0.507 e. The third-order valence-electron chi connectivity index (χ3n) is 5.16. The molecule has 0 bridgehead atoms. The van der Waals surface area contributed by atoms with Crippen LogP contribution in [0.2, 0.25) is 0 Å². The van der Waals surface area contributed by atoms with E-state index in [9.17, 15) is 5.11 Å². The van der Waals surface area contributed by atoms with Gasteiger partial charge in [-0.3, -0.25) is 4.90 Å². The van der Waals surface area contributed by atoms with Crippen LogP contribution in [0.25, 0.3) is 0 Å². The second-order valence-electron chi connectivity index (χ2n) is 7.29. The van der Waals surface area contributed by atoms with Crippen molar-refractivity contribution >= 4 is 28.6 Å². The lowest BCUT2D eigenvalue weighted by atomic mass is 10.1. The lowest BCUT2D eigenvalue weighted by Crippen LogP contribution is -2.48. The maximum atomic E-state index is 10.4. The summed E-state index contributed by atoms with van der Waals surface area (Å²) in [5, 5.41) is 18.9. The molecule has 0 radical (unpaired) electrons. The van der Waals surface area contributed by atoms with Crippen molar-refractivity contribution in [3.8, 4) is 5.75 Å². The van der Waals surface area contributed by atoms with Crippen LogP contribution in [-0.2, 0) is 6.54 Å². The van der Waals surface area contributed by atoms with Gasteiger partial charge in [0.2, 0.25) is 0 Å². The van der Waals surface area contributed by atoms with E-state index in [4.69, 9.17) is 12.2 Å². The van der Waals surface area contributed by atoms with E-state index in [1.807, 2.05) is 36.4 Å². The normalized spacial score (nSPS) is 14.9. The number of aromatic hydroxyl groups is 1. The zero-order valence-electron chi connectivity index (χ0n) is 16.7. The molecule has 0 atom stereocenters. The molecule has 1 heterocycles. The first kappa shape index (κ1) is 20.2. The molecule has 1 saturated heterocycles. The third-order valence-corrected chi connectivity index (χ3v) is 5.63. The Morgan fingerprint density at radius 3 is 2.13 bits per heavy atom. The topological polar surface area (TPSA) is 51.4 Å². The lowest BCUT2D eigenvalue weighted by molar-refractivity contribution is 0.177. The highest BCUT2D eigenvalue weighted by molar-refractivity contribution is 7.80. The average Bonchev–Trinajstić information content (AvgIpc) is 2.80. The quantitative estimate of drug-likeness (QED) is 0.453. The minimum absolute atomic E-state index is 0.172. The van der Waals surface area contributed by atoms with Crippen molar-refractivity contribution in [2.24, 2.45) is 10.2 Å². The average molecular weight is 417 g/mol. The Labute approximate surface area is 182 Å². The maximum absolute atomic E-state index is 10.4. The number of piperazine rings is 1. The van der Waals surface area contributed by atoms with E-state index < -0.39 is 0 Å². The van der Waals surface area contributed by atoms with Gasteiger partial charge in [-0.2, -0.15) is 10.2 Å². The van der Waals surface area contributed by atoms with Gasteiger partial charge in [0.1, 0.15) is 10.7 Å². The Bertz CT molecular complexity index is 1020. The van der Waals surface area contributed by atoms with Crippen molar-refractivity contribution in [2.45, 2.75) is 6.54 Å². The first-order valence-electron chi connectivity index (χ1n) is 10.0. The van der Waals surface area contributed by atoms with Gasteiger partial charge in [0.25, 0.3) is 0 Å². The second-order valence-corrected chi connectivity index (χ2v) is 7.68. The second kappa shape index (κ2) is 9.61. The summed E-state index contributed by atoms with van der Waals surface area (Å²) in [6.45, 7) is 4.48. The number of azo groups is 1. The van der Waals surface area contributed by atoms with Crippen molar-refractivity contribution in [3.05, 3.63) is 90.0 Å². The van der Waals surface area contributed by atoms with Crippen LogP contribution < -0.4 is 0 Å². The monoisotopic (exact) mass is 416 g/mol. The molecular formula is C24H24N4OS. The van der Waals surface area contributed by atoms with Gasteiger partial charge in [0.15, 0.2) is 0 Å². The number of phenols is 1. The molecule has 1 aliphatic heterocycles. The van der Waals surface area contributed by atoms with E-state index in [-0.39, 0.29) is 5.75 Å². The highest BCUT2D eigenvalue weighted by atomic mass is 32.1. The van der Waals surface area contributed by atoms with Crippen LogP contribution in [0.15, 0.2) is 89.1 Å². The third kappa shape index (κ3) is 5.09. The van der Waals surface area contributed by atoms with E-state index in [0.717, 1.165) is 38.4 Å². The Morgan fingerprint density at radius 1 is 0.800 bits per heavy atom. The number of thiocarbonyl (C=S) groups is 1. The smallest absolute Gasteiger partial charge is 0.125 e. The molecule has 5 nitrogen and oxygen atoms in total. The fourth-order valence-electron chi connectivity index (χ4n) is 3.49. The van der Waals surface area contributed by atoms with Crippen LogP contribution in [-0.4, -0.2) is 46.1 Å². The number of hydrogen-bond acceptors (Lipinski definition) is 5. The maximum Gasteiger partial charge on any atom is 0.125 e. The Kier molecular flexibility index (Phi) is 6.47. The van der Waals surface area contributed by atoms with Crippen LogP contribution in [0.4, 0.5) is 11.4 Å². The summed E-state index contributed by atoms with van der Waals surface area (Å²) in [7, 11) is 0. The van der Waals surface area contributed by atoms with Gasteiger partial charge < -0.3 is 10.0 Å². The first-order valence-corrected chi connectivity index (χ1v) is 10.5. The Hall–Kier alpha value is -3.09. The molecule has 0 amide bonds. The summed E-state index contributed by atoms with van der Waals surface area (Å²) in [4.78, 5) is 5.24. The van der Waals surface area contributed by atoms with Crippen molar-refractivity contribution in [1.29, 1.82) is 0 Å². The predicted molar refractivity (Wildman–Crippen MR) is 124 cm³/mol. The number of phenolic OH excluding ortho intramolecular Hbond substituents is 1. The SMILES string of the molecule is Oc1ccc(N=Nc2ccccc2)cc1C(=S)N1CCN(Cc2ccccc2)CC1. The number of hydrogen-bond donors (Lipinski definition) is 1. The number of rotatable bonds is 5. The molecule has 3 aromatic carbocycles. The van der Waals surface area contributed by atoms with Gasteiger partial charge >= 0.3 is 0 Å². The van der Waals surface area contributed by atoms with E-state index >= 15 is 0 Å². The van der Waals surface area contributed by atoms with Crippen LogP contribution in [0.1, 0.15) is 11.1 Å². The zero-order chi connectivity index (χ0) is 20.8. The molecule has 0 saturated carbocycles. The van der Waals surface area contributed by atoms with Gasteiger partial charge in [-0.1, -0.05) is 60.7 Å². The van der Waals surface area contributed by atoms with Crippen LogP contribution in [0, 0.1) is 0 Å². The van der Waals surface area contributed by atoms with E-state index in [0.29, 0.717) is 16.2 Å². The predicted octanol–water partition coefficient (Wildman–Crippen LogP) is 5.30. The number of nitrogens with zero attached hydrogens (tertiary/aromatic N) is 4. The molecule has 0 aromatic heterocycles. The summed E-state index contributed by atoms with van der Waals surface area (Å²) in [5.41, 5.74) is 3.40. The van der Waals surface area contributed by atoms with Crippen LogP contribution in [0.5, 0.6) is 5.75 Å². The van der Waals surface area contributed by atoms with E-state index in [1.165, 1.54) is 5.56 Å². The molecule has 30 heavy (non-hydrogen) atoms. The molecule has 1 N–H and O–H groups in total. The Balaban J connectivity index is 1.40. The summed E-state index contributed by atoms with van der Waals surface area (Å²) in [6.07, 6.45) is 0. The standard InChI is InChI=1S/C24H24N4OS/c29-23-12-11-21(26-25-20-9-5-2-6-10-20)17-22(23)24(30)28-15-13-27(14-16-28)18-19-7-3-1-4-8-19/h1-12,17,29H,13-16,18H2. The molecule has 0 unspecified atom stereocenters. The van der Waals surface area contributed by atoms with Gasteiger partial charge in [-0.25, -0.2) is 0 Å². The van der Waals surface area contributed by atoms with Crippen LogP contribution in [0.3, 0.4) is 0 Å². The molecule has 3 aromatic rings. The minimum Gasteiger partial charge on any atom is -0.507 e. The number of benzene rings is 3. The van der Waals surface area contributed by atoms with Gasteiger partial charge in [0, 0.05) is 32.7 Å². The molecule has 1 fully saturated rings. The summed E-state index contributed by atoms with van der Waals surface area (Å²) < 4.78 is 0. The summed E-state index contributed by atoms with van der Waals surface area (Å²) in [5.74, 6) is 0.172. The molecule has 1 aliphatic rings. The lowest BCUT2D eigenvalue weighted by Gasteiger charge is -2.36. The first-order chi connectivity index (χ1) is 14.7. The van der Waals surface area contributed by atoms with Crippen molar-refractivity contribution in [2.75, 3.05) is 26.2 Å². The zero-order valence-corrected chi connectivity index (χ0v) is 17.5. The van der Waals surface area contributed by atoms with E-state index in [2.05, 4.69) is 44.3 Å². The van der Waals surface area contributed by atoms with Gasteiger partial charge in [-0.05, 0) is 35.9 Å². The molecule has 6 heteroatoms. The molecule has 0 aliphatic carbocycles. The van der Waals surface area contributed by atoms with Crippen molar-refractivity contribution < 1.29 is 5.11 Å². The molecule has 152 valence electrons. The van der Waals surface area contributed by atoms with Gasteiger partial charge in [-0.15, -0.1) is 0 Å². The summed E-state index contributed by atoms with van der Waals surface area (Å²) in [6, 6.07) is 25.3. The van der Waals surface area contributed by atoms with Crippen molar-refractivity contribution in [1.82, 2.24) is 9.80 Å². The fraction of sp³-hybridized carbons (Fsp3) is 0.208. The van der Waals surface area contributed by atoms with E-state index in [1.54, 1.807) is 18.2 Å². The van der Waals surface area contributed by atoms with Gasteiger partial charge in [0.05, 0.1) is 16.9 Å². The Morgan fingerprint density at radius 2 is 1.43 bits per heavy atom. The molecule has 4 rings (SSSR count). The highest BCUT2D eigenvalue weighted by Gasteiger charge is 2.21. The van der Waals surface area contributed by atoms with Crippen LogP contribution >= 0.6 is 12.2 Å². The summed E-state index contributed by atoms with van der Waals surface area (Å²) >= 11 is 5.71. The highest BCUT2D eigenvalue weighted by Crippen LogP contribution is 2.27. The van der Waals surface area contributed by atoms with Crippen molar-refractivity contribution in [3.63, 3.8) is 0 Å². The molecular weight excluding hydrogens is 392 g/mol. The minimum atomic E-state index is 0.172.